The van der Waals surface area contributed by atoms with E-state index < -0.39 is 10.8 Å². The lowest BCUT2D eigenvalue weighted by Gasteiger charge is -2.09. The number of hydrogen-bond donors (Lipinski definition) is 2. The van der Waals surface area contributed by atoms with Crippen LogP contribution in [0.25, 0.3) is 0 Å². The van der Waals surface area contributed by atoms with Gasteiger partial charge in [0.05, 0.1) is 10.8 Å². The summed E-state index contributed by atoms with van der Waals surface area (Å²) in [5.74, 6) is 0.163. The molecule has 0 aliphatic carbocycles. The SMILES string of the molecule is Cc1cc(N)ccc1NC(=O)CCS(=O)c1ccccc1. The molecule has 3 N–H and O–H groups in total. The summed E-state index contributed by atoms with van der Waals surface area (Å²) in [6.07, 6.45) is 0.214. The Kier molecular flexibility index (Phi) is 5.11. The maximum Gasteiger partial charge on any atom is 0.225 e. The molecule has 0 bridgehead atoms. The van der Waals surface area contributed by atoms with Crippen LogP contribution in [-0.4, -0.2) is 15.9 Å². The first kappa shape index (κ1) is 15.3. The second-order valence-corrected chi connectivity index (χ2v) is 6.31. The number of nitrogen functional groups attached to an aromatic ring is 1. The molecule has 2 aromatic rings. The molecule has 21 heavy (non-hydrogen) atoms. The Morgan fingerprint density at radius 2 is 1.90 bits per heavy atom. The number of benzene rings is 2. The van der Waals surface area contributed by atoms with E-state index >= 15 is 0 Å². The molecule has 1 unspecified atom stereocenters. The van der Waals surface area contributed by atoms with Crippen molar-refractivity contribution >= 4 is 28.1 Å². The summed E-state index contributed by atoms with van der Waals surface area (Å²) in [5, 5.41) is 2.82. The predicted molar refractivity (Wildman–Crippen MR) is 86.6 cm³/mol. The van der Waals surface area contributed by atoms with Crippen molar-refractivity contribution < 1.29 is 9.00 Å². The monoisotopic (exact) mass is 302 g/mol. The quantitative estimate of drug-likeness (QED) is 0.834. The standard InChI is InChI=1S/C16H18N2O2S/c1-12-11-13(17)7-8-15(12)18-16(19)9-10-21(20)14-5-3-2-4-6-14/h2-8,11H,9-10,17H2,1H3,(H,18,19). The molecule has 0 aliphatic rings. The number of nitrogens with two attached hydrogens (primary N) is 1. The van der Waals surface area contributed by atoms with E-state index in [0.29, 0.717) is 11.4 Å². The second kappa shape index (κ2) is 7.04. The highest BCUT2D eigenvalue weighted by molar-refractivity contribution is 7.85. The molecule has 2 rings (SSSR count). The molecule has 5 heteroatoms. The van der Waals surface area contributed by atoms with E-state index in [-0.39, 0.29) is 12.3 Å². The maximum atomic E-state index is 12.0. The number of aryl methyl sites for hydroxylation is 1. The second-order valence-electron chi connectivity index (χ2n) is 4.74. The number of rotatable bonds is 5. The minimum atomic E-state index is -1.15. The van der Waals surface area contributed by atoms with Crippen molar-refractivity contribution in [1.82, 2.24) is 0 Å². The summed E-state index contributed by atoms with van der Waals surface area (Å²) in [6.45, 7) is 1.88. The fraction of sp³-hybridized carbons (Fsp3) is 0.188. The Labute approximate surface area is 126 Å². The number of nitrogens with one attached hydrogen (secondary N) is 1. The molecule has 0 aliphatic heterocycles. The van der Waals surface area contributed by atoms with Crippen molar-refractivity contribution in [2.75, 3.05) is 16.8 Å². The van der Waals surface area contributed by atoms with Gasteiger partial charge in [-0.05, 0) is 42.8 Å². The van der Waals surface area contributed by atoms with Crippen LogP contribution >= 0.6 is 0 Å². The zero-order valence-electron chi connectivity index (χ0n) is 11.8. The molecule has 4 nitrogen and oxygen atoms in total. The average molecular weight is 302 g/mol. The highest BCUT2D eigenvalue weighted by atomic mass is 32.2. The van der Waals surface area contributed by atoms with Gasteiger partial charge in [0.1, 0.15) is 0 Å². The van der Waals surface area contributed by atoms with E-state index in [1.807, 2.05) is 25.1 Å². The Balaban J connectivity index is 1.89. The van der Waals surface area contributed by atoms with Gasteiger partial charge in [-0.1, -0.05) is 18.2 Å². The third kappa shape index (κ3) is 4.43. The van der Waals surface area contributed by atoms with E-state index in [2.05, 4.69) is 5.32 Å². The van der Waals surface area contributed by atoms with Crippen LogP contribution in [0.15, 0.2) is 53.4 Å². The highest BCUT2D eigenvalue weighted by Gasteiger charge is 2.09. The Hall–Kier alpha value is -2.14. The topological polar surface area (TPSA) is 72.2 Å². The largest absolute Gasteiger partial charge is 0.399 e. The fourth-order valence-electron chi connectivity index (χ4n) is 1.92. The number of carbonyl (C=O) groups is 1. The van der Waals surface area contributed by atoms with Crippen LogP contribution in [0.2, 0.25) is 0 Å². The first-order valence-corrected chi connectivity index (χ1v) is 7.97. The van der Waals surface area contributed by atoms with E-state index in [1.54, 1.807) is 30.3 Å². The number of amides is 1. The van der Waals surface area contributed by atoms with Crippen molar-refractivity contribution in [1.29, 1.82) is 0 Å². The first-order valence-electron chi connectivity index (χ1n) is 6.65. The zero-order chi connectivity index (χ0) is 15.2. The van der Waals surface area contributed by atoms with Gasteiger partial charge < -0.3 is 11.1 Å². The molecule has 110 valence electrons. The summed E-state index contributed by atoms with van der Waals surface area (Å²) in [6, 6.07) is 14.5. The number of anilines is 2. The van der Waals surface area contributed by atoms with E-state index in [4.69, 9.17) is 5.73 Å². The van der Waals surface area contributed by atoms with Crippen molar-refractivity contribution in [2.24, 2.45) is 0 Å². The Morgan fingerprint density at radius 1 is 1.19 bits per heavy atom. The lowest BCUT2D eigenvalue weighted by atomic mass is 10.2. The van der Waals surface area contributed by atoms with Gasteiger partial charge in [-0.25, -0.2) is 0 Å². The molecule has 1 atom stereocenters. The summed E-state index contributed by atoms with van der Waals surface area (Å²) < 4.78 is 12.0. The minimum Gasteiger partial charge on any atom is -0.399 e. The van der Waals surface area contributed by atoms with Gasteiger partial charge in [-0.2, -0.15) is 0 Å². The van der Waals surface area contributed by atoms with E-state index in [1.165, 1.54) is 0 Å². The van der Waals surface area contributed by atoms with Crippen LogP contribution in [0.1, 0.15) is 12.0 Å². The molecule has 0 heterocycles. The molecule has 1 amide bonds. The van der Waals surface area contributed by atoms with Gasteiger partial charge in [0.2, 0.25) is 5.91 Å². The Morgan fingerprint density at radius 3 is 2.57 bits per heavy atom. The smallest absolute Gasteiger partial charge is 0.225 e. The minimum absolute atomic E-state index is 0.146. The molecular weight excluding hydrogens is 284 g/mol. The van der Waals surface area contributed by atoms with Gasteiger partial charge in [-0.15, -0.1) is 0 Å². The number of hydrogen-bond acceptors (Lipinski definition) is 3. The summed E-state index contributed by atoms with van der Waals surface area (Å²) >= 11 is 0. The van der Waals surface area contributed by atoms with Crippen LogP contribution in [0.4, 0.5) is 11.4 Å². The third-order valence-electron chi connectivity index (χ3n) is 3.05. The summed E-state index contributed by atoms with van der Waals surface area (Å²) in [7, 11) is -1.15. The molecule has 2 aromatic carbocycles. The average Bonchev–Trinajstić information content (AvgIpc) is 2.48. The molecule has 0 aromatic heterocycles. The highest BCUT2D eigenvalue weighted by Crippen LogP contribution is 2.18. The van der Waals surface area contributed by atoms with Crippen LogP contribution < -0.4 is 11.1 Å². The van der Waals surface area contributed by atoms with Crippen LogP contribution in [0.5, 0.6) is 0 Å². The first-order chi connectivity index (χ1) is 10.1. The molecular formula is C16H18N2O2S. The van der Waals surface area contributed by atoms with Crippen LogP contribution in [0.3, 0.4) is 0 Å². The van der Waals surface area contributed by atoms with Gasteiger partial charge in [0.25, 0.3) is 0 Å². The maximum absolute atomic E-state index is 12.0. The van der Waals surface area contributed by atoms with Crippen molar-refractivity contribution in [3.05, 3.63) is 54.1 Å². The summed E-state index contributed by atoms with van der Waals surface area (Å²) in [5.41, 5.74) is 7.98. The van der Waals surface area contributed by atoms with Gasteiger partial charge in [0, 0.05) is 28.4 Å². The Bertz CT molecular complexity index is 657. The lowest BCUT2D eigenvalue weighted by molar-refractivity contribution is -0.115. The van der Waals surface area contributed by atoms with E-state index in [0.717, 1.165) is 16.1 Å². The molecule has 0 saturated carbocycles. The van der Waals surface area contributed by atoms with Crippen LogP contribution in [0, 0.1) is 6.92 Å². The van der Waals surface area contributed by atoms with Gasteiger partial charge >= 0.3 is 0 Å². The predicted octanol–water partition coefficient (Wildman–Crippen LogP) is 2.71. The molecule has 0 spiro atoms. The fourth-order valence-corrected chi connectivity index (χ4v) is 2.98. The van der Waals surface area contributed by atoms with Gasteiger partial charge in [0.15, 0.2) is 0 Å². The van der Waals surface area contributed by atoms with E-state index in [9.17, 15) is 9.00 Å². The normalized spacial score (nSPS) is 11.9. The molecule has 0 saturated heterocycles. The van der Waals surface area contributed by atoms with Crippen molar-refractivity contribution in [3.63, 3.8) is 0 Å². The zero-order valence-corrected chi connectivity index (χ0v) is 12.7. The molecule has 0 fully saturated rings. The number of carbonyl (C=O) groups excluding carboxylic acids is 1. The van der Waals surface area contributed by atoms with Crippen molar-refractivity contribution in [3.8, 4) is 0 Å². The third-order valence-corrected chi connectivity index (χ3v) is 4.42. The van der Waals surface area contributed by atoms with Crippen molar-refractivity contribution in [2.45, 2.75) is 18.2 Å². The molecule has 0 radical (unpaired) electrons. The van der Waals surface area contributed by atoms with Crippen LogP contribution in [-0.2, 0) is 15.6 Å². The van der Waals surface area contributed by atoms with Gasteiger partial charge in [-0.3, -0.25) is 9.00 Å². The summed E-state index contributed by atoms with van der Waals surface area (Å²) in [4.78, 5) is 12.7. The lowest BCUT2D eigenvalue weighted by Crippen LogP contribution is -2.15.